The lowest BCUT2D eigenvalue weighted by Gasteiger charge is -2.17. The third kappa shape index (κ3) is 4.02. The summed E-state index contributed by atoms with van der Waals surface area (Å²) in [6.07, 6.45) is 2.06. The molecule has 0 bridgehead atoms. The molecule has 22 heavy (non-hydrogen) atoms. The number of nitrogens with one attached hydrogen (secondary N) is 1. The van der Waals surface area contributed by atoms with Gasteiger partial charge in [0.05, 0.1) is 0 Å². The molecule has 114 valence electrons. The van der Waals surface area contributed by atoms with Gasteiger partial charge in [-0.25, -0.2) is 4.39 Å². The molecule has 1 atom stereocenters. The first kappa shape index (κ1) is 15.4. The zero-order chi connectivity index (χ0) is 15.5. The van der Waals surface area contributed by atoms with Crippen molar-refractivity contribution in [2.45, 2.75) is 29.0 Å². The van der Waals surface area contributed by atoms with Gasteiger partial charge >= 0.3 is 0 Å². The fraction of sp³-hybridized carbons (Fsp3) is 0.235. The normalized spacial score (nSPS) is 15.4. The highest BCUT2D eigenvalue weighted by molar-refractivity contribution is 8.00. The second kappa shape index (κ2) is 6.71. The third-order valence-corrected chi connectivity index (χ3v) is 4.87. The van der Waals surface area contributed by atoms with Crippen molar-refractivity contribution in [2.75, 3.05) is 0 Å². The van der Waals surface area contributed by atoms with E-state index in [0.717, 1.165) is 23.3 Å². The minimum Gasteiger partial charge on any atom is -0.352 e. The molecule has 3 rings (SSSR count). The first-order chi connectivity index (χ1) is 10.6. The van der Waals surface area contributed by atoms with Gasteiger partial charge in [-0.3, -0.25) is 4.79 Å². The van der Waals surface area contributed by atoms with Gasteiger partial charge in [0.2, 0.25) is 5.91 Å². The summed E-state index contributed by atoms with van der Waals surface area (Å²) in [5, 5.41) is 3.23. The molecule has 0 spiro atoms. The largest absolute Gasteiger partial charge is 0.352 e. The molecule has 1 saturated carbocycles. The van der Waals surface area contributed by atoms with E-state index in [9.17, 15) is 9.18 Å². The molecule has 0 saturated heterocycles. The number of hydrogen-bond acceptors (Lipinski definition) is 2. The highest BCUT2D eigenvalue weighted by atomic mass is 35.5. The van der Waals surface area contributed by atoms with Gasteiger partial charge in [0.25, 0.3) is 0 Å². The van der Waals surface area contributed by atoms with Gasteiger partial charge in [-0.15, -0.1) is 11.8 Å². The van der Waals surface area contributed by atoms with Gasteiger partial charge in [0.15, 0.2) is 0 Å². The van der Waals surface area contributed by atoms with E-state index in [1.165, 1.54) is 23.9 Å². The van der Waals surface area contributed by atoms with Gasteiger partial charge in [-0.2, -0.15) is 0 Å². The van der Waals surface area contributed by atoms with Crippen molar-refractivity contribution >= 4 is 29.3 Å². The molecule has 1 unspecified atom stereocenters. The monoisotopic (exact) mass is 335 g/mol. The van der Waals surface area contributed by atoms with Crippen LogP contribution >= 0.6 is 23.4 Å². The Bertz CT molecular complexity index is 673. The van der Waals surface area contributed by atoms with Crippen LogP contribution in [0.2, 0.25) is 5.02 Å². The Balaban J connectivity index is 1.84. The smallest absolute Gasteiger partial charge is 0.238 e. The second-order valence-corrected chi connectivity index (χ2v) is 6.90. The summed E-state index contributed by atoms with van der Waals surface area (Å²) in [6.45, 7) is 0. The predicted octanol–water partition coefficient (Wildman–Crippen LogP) is 4.59. The topological polar surface area (TPSA) is 29.1 Å². The number of rotatable bonds is 5. The number of carbonyl (C=O) groups is 1. The van der Waals surface area contributed by atoms with Crippen LogP contribution in [0.25, 0.3) is 0 Å². The number of amides is 1. The van der Waals surface area contributed by atoms with Crippen molar-refractivity contribution in [1.29, 1.82) is 0 Å². The van der Waals surface area contributed by atoms with Gasteiger partial charge in [0.1, 0.15) is 11.1 Å². The Kier molecular flexibility index (Phi) is 4.69. The van der Waals surface area contributed by atoms with Crippen molar-refractivity contribution in [3.63, 3.8) is 0 Å². The van der Waals surface area contributed by atoms with E-state index in [4.69, 9.17) is 11.6 Å². The van der Waals surface area contributed by atoms with Crippen LogP contribution in [0.1, 0.15) is 23.7 Å². The van der Waals surface area contributed by atoms with Crippen LogP contribution < -0.4 is 5.32 Å². The summed E-state index contributed by atoms with van der Waals surface area (Å²) in [7, 11) is 0. The van der Waals surface area contributed by atoms with Gasteiger partial charge in [-0.05, 0) is 48.7 Å². The highest BCUT2D eigenvalue weighted by Crippen LogP contribution is 2.37. The van der Waals surface area contributed by atoms with Crippen molar-refractivity contribution in [3.05, 3.63) is 64.9 Å². The zero-order valence-electron chi connectivity index (χ0n) is 11.8. The van der Waals surface area contributed by atoms with Gasteiger partial charge in [-0.1, -0.05) is 29.8 Å². The van der Waals surface area contributed by atoms with E-state index in [2.05, 4.69) is 5.32 Å². The van der Waals surface area contributed by atoms with Crippen molar-refractivity contribution < 1.29 is 9.18 Å². The summed E-state index contributed by atoms with van der Waals surface area (Å²) in [6, 6.07) is 13.7. The quantitative estimate of drug-likeness (QED) is 0.810. The predicted molar refractivity (Wildman–Crippen MR) is 87.6 cm³/mol. The molecule has 0 heterocycles. The molecule has 1 N–H and O–H groups in total. The van der Waals surface area contributed by atoms with E-state index >= 15 is 0 Å². The Morgan fingerprint density at radius 2 is 1.95 bits per heavy atom. The van der Waals surface area contributed by atoms with Crippen LogP contribution in [0.4, 0.5) is 4.39 Å². The lowest BCUT2D eigenvalue weighted by Crippen LogP contribution is -2.29. The molecule has 2 aromatic carbocycles. The Hall–Kier alpha value is -1.52. The number of hydrogen-bond donors (Lipinski definition) is 1. The average molecular weight is 336 g/mol. The molecular formula is C17H15ClFNOS. The summed E-state index contributed by atoms with van der Waals surface area (Å²) in [5.41, 5.74) is 0.782. The minimum atomic E-state index is -0.417. The van der Waals surface area contributed by atoms with E-state index in [1.807, 2.05) is 18.2 Å². The van der Waals surface area contributed by atoms with E-state index in [1.54, 1.807) is 18.2 Å². The summed E-state index contributed by atoms with van der Waals surface area (Å²) < 4.78 is 13.1. The van der Waals surface area contributed by atoms with Crippen LogP contribution in [0.15, 0.2) is 53.4 Å². The molecule has 1 aliphatic carbocycles. The molecule has 0 aromatic heterocycles. The van der Waals surface area contributed by atoms with Crippen molar-refractivity contribution in [3.8, 4) is 0 Å². The fourth-order valence-electron chi connectivity index (χ4n) is 2.09. The molecule has 1 amide bonds. The first-order valence-electron chi connectivity index (χ1n) is 7.10. The average Bonchev–Trinajstić information content (AvgIpc) is 3.30. The van der Waals surface area contributed by atoms with Crippen molar-refractivity contribution in [1.82, 2.24) is 5.32 Å². The van der Waals surface area contributed by atoms with Crippen LogP contribution in [-0.4, -0.2) is 11.9 Å². The number of benzene rings is 2. The minimum absolute atomic E-state index is 0.0425. The SMILES string of the molecule is O=C(NC1CC1)C(Sc1cccc(Cl)c1)c1ccc(F)cc1. The fourth-order valence-corrected chi connectivity index (χ4v) is 3.44. The first-order valence-corrected chi connectivity index (χ1v) is 8.35. The lowest BCUT2D eigenvalue weighted by atomic mass is 10.1. The summed E-state index contributed by atoms with van der Waals surface area (Å²) >= 11 is 7.43. The van der Waals surface area contributed by atoms with E-state index in [0.29, 0.717) is 5.02 Å². The molecule has 0 radical (unpaired) electrons. The summed E-state index contributed by atoms with van der Waals surface area (Å²) in [5.74, 6) is -0.350. The summed E-state index contributed by atoms with van der Waals surface area (Å²) in [4.78, 5) is 13.4. The van der Waals surface area contributed by atoms with Gasteiger partial charge in [0, 0.05) is 16.0 Å². The molecule has 2 nitrogen and oxygen atoms in total. The van der Waals surface area contributed by atoms with E-state index in [-0.39, 0.29) is 17.8 Å². The molecule has 1 aliphatic rings. The lowest BCUT2D eigenvalue weighted by molar-refractivity contribution is -0.120. The van der Waals surface area contributed by atoms with Gasteiger partial charge < -0.3 is 5.32 Å². The second-order valence-electron chi connectivity index (χ2n) is 5.29. The number of carbonyl (C=O) groups excluding carboxylic acids is 1. The van der Waals surface area contributed by atoms with Crippen LogP contribution in [-0.2, 0) is 4.79 Å². The molecular weight excluding hydrogens is 321 g/mol. The standard InChI is InChI=1S/C17H15ClFNOS/c18-12-2-1-3-15(10-12)22-16(17(21)20-14-8-9-14)11-4-6-13(19)7-5-11/h1-7,10,14,16H,8-9H2,(H,20,21). The molecule has 1 fully saturated rings. The maximum Gasteiger partial charge on any atom is 0.238 e. The molecule has 0 aliphatic heterocycles. The third-order valence-electron chi connectivity index (χ3n) is 3.38. The Morgan fingerprint density at radius 1 is 1.23 bits per heavy atom. The number of halogens is 2. The molecule has 2 aromatic rings. The maximum absolute atomic E-state index is 13.1. The van der Waals surface area contributed by atoms with Crippen LogP contribution in [0, 0.1) is 5.82 Å². The Labute approximate surface area is 138 Å². The highest BCUT2D eigenvalue weighted by Gasteiger charge is 2.29. The maximum atomic E-state index is 13.1. The zero-order valence-corrected chi connectivity index (χ0v) is 13.3. The van der Waals surface area contributed by atoms with Crippen molar-refractivity contribution in [2.24, 2.45) is 0 Å². The molecule has 5 heteroatoms. The van der Waals surface area contributed by atoms with Crippen LogP contribution in [0.3, 0.4) is 0 Å². The number of thioether (sulfide) groups is 1. The Morgan fingerprint density at radius 3 is 2.59 bits per heavy atom. The van der Waals surface area contributed by atoms with E-state index < -0.39 is 5.25 Å². The van der Waals surface area contributed by atoms with Crippen LogP contribution in [0.5, 0.6) is 0 Å².